The Balaban J connectivity index is 1.33. The van der Waals surface area contributed by atoms with Gasteiger partial charge in [-0.15, -0.1) is 5.10 Å². The molecule has 0 amide bonds. The molecule has 2 aliphatic heterocycles. The van der Waals surface area contributed by atoms with Gasteiger partial charge in [0, 0.05) is 13.1 Å². The lowest BCUT2D eigenvalue weighted by atomic mass is 10.0. The molecule has 4 aromatic rings. The Labute approximate surface area is 215 Å². The molecule has 0 saturated carbocycles. The molecule has 2 saturated heterocycles. The second-order valence-corrected chi connectivity index (χ2v) is 9.70. The van der Waals surface area contributed by atoms with Crippen LogP contribution >= 0.6 is 0 Å². The molecule has 13 heteroatoms. The molecule has 9 nitrogen and oxygen atoms in total. The number of piperidine rings is 1. The van der Waals surface area contributed by atoms with Gasteiger partial charge in [-0.2, -0.15) is 4.98 Å². The number of likely N-dealkylation sites (tertiary alicyclic amines) is 1. The highest BCUT2D eigenvalue weighted by Gasteiger charge is 2.36. The average molecular weight is 534 g/mol. The van der Waals surface area contributed by atoms with Crippen molar-refractivity contribution < 1.29 is 27.0 Å². The SMILES string of the molecule is COc1nc(N[C@@H]2CCN(C3COC3)C[C@H]2F)nn2cc(F)c(-c3ccc4nc(C)n(CC(F)F)c4c3)c12. The van der Waals surface area contributed by atoms with Gasteiger partial charge in [0.2, 0.25) is 11.8 Å². The van der Waals surface area contributed by atoms with Gasteiger partial charge in [-0.05, 0) is 31.0 Å². The minimum Gasteiger partial charge on any atom is -0.479 e. The zero-order valence-electron chi connectivity index (χ0n) is 20.9. The molecular formula is C25H27F4N7O2. The van der Waals surface area contributed by atoms with Crippen molar-refractivity contribution in [3.8, 4) is 17.0 Å². The standard InChI is InChI=1S/C25H27F4N7O2/c1-13-30-19-4-3-14(7-20(19)35(13)10-21(28)29)22-17(27)9-36-23(22)24(37-2)32-25(33-36)31-18-5-6-34(8-16(18)26)15-11-38-12-15/h3-4,7,9,15-16,18,21H,5-6,8,10-12H2,1-2H3,(H,31,33)/t16-,18-/m1/s1. The first-order chi connectivity index (χ1) is 18.3. The second kappa shape index (κ2) is 9.70. The molecule has 2 atom stereocenters. The number of anilines is 1. The molecule has 2 fully saturated rings. The third-order valence-electron chi connectivity index (χ3n) is 7.32. The van der Waals surface area contributed by atoms with Crippen molar-refractivity contribution in [2.45, 2.75) is 44.6 Å². The van der Waals surface area contributed by atoms with E-state index >= 15 is 4.39 Å². The van der Waals surface area contributed by atoms with Gasteiger partial charge >= 0.3 is 0 Å². The second-order valence-electron chi connectivity index (χ2n) is 9.70. The topological polar surface area (TPSA) is 81.7 Å². The van der Waals surface area contributed by atoms with Crippen LogP contribution in [0, 0.1) is 12.7 Å². The lowest BCUT2D eigenvalue weighted by Gasteiger charge is -2.42. The molecule has 6 rings (SSSR count). The normalized spacial score (nSPS) is 20.9. The maximum atomic E-state index is 15.4. The summed E-state index contributed by atoms with van der Waals surface area (Å²) in [6, 6.07) is 4.71. The first-order valence-electron chi connectivity index (χ1n) is 12.4. The molecule has 38 heavy (non-hydrogen) atoms. The smallest absolute Gasteiger partial charge is 0.256 e. The Morgan fingerprint density at radius 3 is 2.74 bits per heavy atom. The Hall–Kier alpha value is -3.45. The minimum absolute atomic E-state index is 0.0956. The average Bonchev–Trinajstić information content (AvgIpc) is 3.33. The van der Waals surface area contributed by atoms with Gasteiger partial charge in [-0.1, -0.05) is 6.07 Å². The molecule has 1 N–H and O–H groups in total. The zero-order valence-corrected chi connectivity index (χ0v) is 20.9. The van der Waals surface area contributed by atoms with Crippen molar-refractivity contribution in [3.05, 3.63) is 36.0 Å². The van der Waals surface area contributed by atoms with Crippen LogP contribution in [0.25, 0.3) is 27.7 Å². The highest BCUT2D eigenvalue weighted by molar-refractivity contribution is 5.90. The number of imidazole rings is 1. The summed E-state index contributed by atoms with van der Waals surface area (Å²) in [4.78, 5) is 10.8. The molecule has 202 valence electrons. The maximum Gasteiger partial charge on any atom is 0.256 e. The molecule has 3 aromatic heterocycles. The number of hydrogen-bond donors (Lipinski definition) is 1. The number of rotatable bonds is 7. The van der Waals surface area contributed by atoms with Crippen LogP contribution in [0.15, 0.2) is 24.4 Å². The van der Waals surface area contributed by atoms with Crippen LogP contribution in [-0.2, 0) is 11.3 Å². The number of methoxy groups -OCH3 is 1. The maximum absolute atomic E-state index is 15.4. The Morgan fingerprint density at radius 1 is 1.24 bits per heavy atom. The summed E-state index contributed by atoms with van der Waals surface area (Å²) in [6.07, 6.45) is -1.96. The molecule has 0 radical (unpaired) electrons. The number of nitrogens with one attached hydrogen (secondary N) is 1. The van der Waals surface area contributed by atoms with E-state index in [0.717, 1.165) is 6.54 Å². The number of ether oxygens (including phenoxy) is 2. The van der Waals surface area contributed by atoms with E-state index in [-0.39, 0.29) is 35.5 Å². The number of benzene rings is 1. The van der Waals surface area contributed by atoms with Crippen molar-refractivity contribution in [3.63, 3.8) is 0 Å². The Bertz CT molecular complexity index is 1490. The van der Waals surface area contributed by atoms with Crippen LogP contribution in [0.1, 0.15) is 12.2 Å². The fourth-order valence-corrected chi connectivity index (χ4v) is 5.29. The van der Waals surface area contributed by atoms with Crippen molar-refractivity contribution in [1.82, 2.24) is 29.0 Å². The number of aromatic nitrogens is 5. The van der Waals surface area contributed by atoms with Gasteiger partial charge in [0.15, 0.2) is 5.82 Å². The van der Waals surface area contributed by atoms with Gasteiger partial charge in [0.1, 0.15) is 17.5 Å². The monoisotopic (exact) mass is 533 g/mol. The van der Waals surface area contributed by atoms with E-state index in [2.05, 4.69) is 25.3 Å². The highest BCUT2D eigenvalue weighted by atomic mass is 19.3. The number of alkyl halides is 3. The van der Waals surface area contributed by atoms with Crippen LogP contribution in [0.2, 0.25) is 0 Å². The predicted octanol–water partition coefficient (Wildman–Crippen LogP) is 3.69. The summed E-state index contributed by atoms with van der Waals surface area (Å²) in [5.41, 5.74) is 1.86. The summed E-state index contributed by atoms with van der Waals surface area (Å²) in [5.74, 6) is 0.0581. The first kappa shape index (κ1) is 24.9. The minimum atomic E-state index is -2.57. The van der Waals surface area contributed by atoms with Crippen LogP contribution in [0.4, 0.5) is 23.5 Å². The van der Waals surface area contributed by atoms with Crippen molar-refractivity contribution in [1.29, 1.82) is 0 Å². The van der Waals surface area contributed by atoms with Crippen molar-refractivity contribution in [2.75, 3.05) is 38.7 Å². The van der Waals surface area contributed by atoms with Crippen LogP contribution in [0.5, 0.6) is 5.88 Å². The third kappa shape index (κ3) is 4.33. The molecule has 1 aromatic carbocycles. The quantitative estimate of drug-likeness (QED) is 0.363. The van der Waals surface area contributed by atoms with Crippen molar-refractivity contribution in [2.24, 2.45) is 0 Å². The van der Waals surface area contributed by atoms with E-state index in [1.54, 1.807) is 25.1 Å². The lowest BCUT2D eigenvalue weighted by Crippen LogP contribution is -2.57. The van der Waals surface area contributed by atoms with Gasteiger partial charge in [0.25, 0.3) is 6.43 Å². The summed E-state index contributed by atoms with van der Waals surface area (Å²) in [5, 5.41) is 7.43. The highest BCUT2D eigenvalue weighted by Crippen LogP contribution is 2.36. The van der Waals surface area contributed by atoms with E-state index in [4.69, 9.17) is 9.47 Å². The van der Waals surface area contributed by atoms with Crippen LogP contribution in [0.3, 0.4) is 0 Å². The summed E-state index contributed by atoms with van der Waals surface area (Å²) < 4.78 is 70.1. The largest absolute Gasteiger partial charge is 0.479 e. The van der Waals surface area contributed by atoms with Gasteiger partial charge in [-0.3, -0.25) is 4.90 Å². The van der Waals surface area contributed by atoms with Crippen molar-refractivity contribution >= 4 is 22.5 Å². The number of fused-ring (bicyclic) bond motifs is 2. The third-order valence-corrected chi connectivity index (χ3v) is 7.32. The number of hydrogen-bond acceptors (Lipinski definition) is 7. The molecule has 2 aliphatic rings. The molecule has 5 heterocycles. The zero-order chi connectivity index (χ0) is 26.6. The number of halogens is 4. The van der Waals surface area contributed by atoms with Gasteiger partial charge in [0.05, 0.1) is 61.7 Å². The van der Waals surface area contributed by atoms with Crippen LogP contribution < -0.4 is 10.1 Å². The fraction of sp³-hybridized carbons (Fsp3) is 0.480. The summed E-state index contributed by atoms with van der Waals surface area (Å²) in [7, 11) is 1.40. The summed E-state index contributed by atoms with van der Waals surface area (Å²) in [6.45, 7) is 3.40. The fourth-order valence-electron chi connectivity index (χ4n) is 5.29. The predicted molar refractivity (Wildman–Crippen MR) is 132 cm³/mol. The summed E-state index contributed by atoms with van der Waals surface area (Å²) >= 11 is 0. The Kier molecular flexibility index (Phi) is 6.34. The van der Waals surface area contributed by atoms with E-state index < -0.39 is 31.0 Å². The number of nitrogens with zero attached hydrogens (tertiary/aromatic N) is 6. The molecule has 0 spiro atoms. The van der Waals surface area contributed by atoms with E-state index in [1.165, 1.54) is 22.4 Å². The molecular weight excluding hydrogens is 506 g/mol. The lowest BCUT2D eigenvalue weighted by molar-refractivity contribution is -0.0794. The Morgan fingerprint density at radius 2 is 2.05 bits per heavy atom. The molecule has 0 unspecified atom stereocenters. The first-order valence-corrected chi connectivity index (χ1v) is 12.4. The molecule has 0 aliphatic carbocycles. The number of aryl methyl sites for hydroxylation is 1. The van der Waals surface area contributed by atoms with Gasteiger partial charge < -0.3 is 19.4 Å². The van der Waals surface area contributed by atoms with E-state index in [1.807, 2.05) is 0 Å². The van der Waals surface area contributed by atoms with Crippen LogP contribution in [-0.4, -0.2) is 87.1 Å². The van der Waals surface area contributed by atoms with Gasteiger partial charge in [-0.25, -0.2) is 27.1 Å². The molecule has 0 bridgehead atoms. The van der Waals surface area contributed by atoms with E-state index in [0.29, 0.717) is 42.1 Å². The van der Waals surface area contributed by atoms with E-state index in [9.17, 15) is 13.2 Å².